The second-order valence-electron chi connectivity index (χ2n) is 9.35. The normalized spacial score (nSPS) is 14.9. The van der Waals surface area contributed by atoms with Gasteiger partial charge in [0.25, 0.3) is 0 Å². The highest BCUT2D eigenvalue weighted by Gasteiger charge is 2.29. The van der Waals surface area contributed by atoms with Crippen LogP contribution in [0.15, 0.2) is 48.5 Å². The van der Waals surface area contributed by atoms with E-state index in [1.807, 2.05) is 44.2 Å². The van der Waals surface area contributed by atoms with Gasteiger partial charge >= 0.3 is 6.09 Å². The van der Waals surface area contributed by atoms with Crippen molar-refractivity contribution >= 4 is 23.4 Å². The third-order valence-electron chi connectivity index (χ3n) is 6.40. The highest BCUT2D eigenvalue weighted by Crippen LogP contribution is 2.25. The lowest BCUT2D eigenvalue weighted by Gasteiger charge is -2.34. The molecular formula is C28H39N3O3. The van der Waals surface area contributed by atoms with Crippen LogP contribution in [-0.4, -0.2) is 49.2 Å². The van der Waals surface area contributed by atoms with Crippen LogP contribution in [0.25, 0.3) is 0 Å². The zero-order valence-corrected chi connectivity index (χ0v) is 21.0. The summed E-state index contributed by atoms with van der Waals surface area (Å²) >= 11 is 0. The van der Waals surface area contributed by atoms with E-state index in [1.54, 1.807) is 4.90 Å². The van der Waals surface area contributed by atoms with E-state index in [4.69, 9.17) is 4.74 Å². The Balaban J connectivity index is 1.62. The molecule has 0 heterocycles. The summed E-state index contributed by atoms with van der Waals surface area (Å²) in [5, 5.41) is 2.97. The number of aryl methyl sites for hydroxylation is 1. The smallest absolute Gasteiger partial charge is 0.410 e. The maximum Gasteiger partial charge on any atom is 0.410 e. The quantitative estimate of drug-likeness (QED) is 0.502. The number of hydrogen-bond acceptors (Lipinski definition) is 4. The first-order valence-corrected chi connectivity index (χ1v) is 12.6. The zero-order valence-electron chi connectivity index (χ0n) is 21.0. The summed E-state index contributed by atoms with van der Waals surface area (Å²) in [4.78, 5) is 29.7. The van der Waals surface area contributed by atoms with Crippen LogP contribution in [0.1, 0.15) is 51.7 Å². The van der Waals surface area contributed by atoms with Gasteiger partial charge in [-0.05, 0) is 74.4 Å². The van der Waals surface area contributed by atoms with Gasteiger partial charge in [-0.3, -0.25) is 4.79 Å². The van der Waals surface area contributed by atoms with Crippen molar-refractivity contribution in [1.29, 1.82) is 0 Å². The Morgan fingerprint density at radius 2 is 1.71 bits per heavy atom. The van der Waals surface area contributed by atoms with Gasteiger partial charge < -0.3 is 19.9 Å². The minimum absolute atomic E-state index is 0.0377. The van der Waals surface area contributed by atoms with Crippen LogP contribution < -0.4 is 10.2 Å². The minimum Gasteiger partial charge on any atom is -0.449 e. The average molecular weight is 466 g/mol. The molecule has 0 aromatic heterocycles. The standard InChI is InChI=1S/C28H39N3O3/c1-5-30(6-2)25-15-12-24(13-16-25)29-27(32)17-18-31(28(33)34-20-21(3)4)26-14-11-22-9-7-8-10-23(22)19-26/h7-10,12-13,15-16,21,26H,5-6,11,14,17-20H2,1-4H3,(H,29,32). The molecule has 1 aliphatic rings. The first-order chi connectivity index (χ1) is 16.4. The molecule has 2 aromatic carbocycles. The number of carbonyl (C=O) groups is 2. The molecule has 0 bridgehead atoms. The highest BCUT2D eigenvalue weighted by atomic mass is 16.6. The van der Waals surface area contributed by atoms with Crippen LogP contribution in [0.5, 0.6) is 0 Å². The molecule has 1 aliphatic carbocycles. The van der Waals surface area contributed by atoms with E-state index in [-0.39, 0.29) is 30.4 Å². The van der Waals surface area contributed by atoms with Gasteiger partial charge in [0.05, 0.1) is 6.61 Å². The molecule has 0 fully saturated rings. The van der Waals surface area contributed by atoms with Crippen LogP contribution in [0.4, 0.5) is 16.2 Å². The van der Waals surface area contributed by atoms with Crippen molar-refractivity contribution in [3.05, 3.63) is 59.7 Å². The van der Waals surface area contributed by atoms with Gasteiger partial charge in [-0.1, -0.05) is 38.1 Å². The zero-order chi connectivity index (χ0) is 24.5. The van der Waals surface area contributed by atoms with E-state index in [2.05, 4.69) is 42.3 Å². The topological polar surface area (TPSA) is 61.9 Å². The molecule has 6 nitrogen and oxygen atoms in total. The predicted molar refractivity (Wildman–Crippen MR) is 138 cm³/mol. The average Bonchev–Trinajstić information content (AvgIpc) is 2.84. The number of amides is 2. The minimum atomic E-state index is -0.325. The molecule has 34 heavy (non-hydrogen) atoms. The molecule has 1 N–H and O–H groups in total. The van der Waals surface area contributed by atoms with E-state index in [1.165, 1.54) is 11.1 Å². The van der Waals surface area contributed by atoms with Crippen molar-refractivity contribution in [2.45, 2.75) is 59.4 Å². The summed E-state index contributed by atoms with van der Waals surface area (Å²) in [5.74, 6) is 0.161. The number of rotatable bonds is 10. The number of nitrogens with zero attached hydrogens (tertiary/aromatic N) is 2. The Morgan fingerprint density at radius 3 is 2.35 bits per heavy atom. The fourth-order valence-electron chi connectivity index (χ4n) is 4.48. The number of fused-ring (bicyclic) bond motifs is 1. The lowest BCUT2D eigenvalue weighted by Crippen LogP contribution is -2.45. The Morgan fingerprint density at radius 1 is 1.03 bits per heavy atom. The van der Waals surface area contributed by atoms with Gasteiger partial charge in [-0.2, -0.15) is 0 Å². The van der Waals surface area contributed by atoms with E-state index in [0.717, 1.165) is 43.7 Å². The summed E-state index contributed by atoms with van der Waals surface area (Å²) in [7, 11) is 0. The van der Waals surface area contributed by atoms with Crippen LogP contribution >= 0.6 is 0 Å². The molecular weight excluding hydrogens is 426 g/mol. The SMILES string of the molecule is CCN(CC)c1ccc(NC(=O)CCN(C(=O)OCC(C)C)C2CCc3ccccc3C2)cc1. The first kappa shape index (κ1) is 25.6. The molecule has 0 radical (unpaired) electrons. The third-order valence-corrected chi connectivity index (χ3v) is 6.40. The van der Waals surface area contributed by atoms with Gasteiger partial charge in [0.15, 0.2) is 0 Å². The van der Waals surface area contributed by atoms with Crippen molar-refractivity contribution in [3.63, 3.8) is 0 Å². The van der Waals surface area contributed by atoms with Crippen LogP contribution in [0.2, 0.25) is 0 Å². The van der Waals surface area contributed by atoms with E-state index < -0.39 is 0 Å². The van der Waals surface area contributed by atoms with Gasteiger partial charge in [0, 0.05) is 43.5 Å². The van der Waals surface area contributed by atoms with Crippen molar-refractivity contribution < 1.29 is 14.3 Å². The van der Waals surface area contributed by atoms with Crippen LogP contribution in [0, 0.1) is 5.92 Å². The second-order valence-corrected chi connectivity index (χ2v) is 9.35. The van der Waals surface area contributed by atoms with Crippen molar-refractivity contribution in [1.82, 2.24) is 4.90 Å². The van der Waals surface area contributed by atoms with Gasteiger partial charge in [-0.25, -0.2) is 4.79 Å². The Hall–Kier alpha value is -3.02. The van der Waals surface area contributed by atoms with E-state index in [9.17, 15) is 9.59 Å². The Bertz CT molecular complexity index is 938. The molecule has 2 aromatic rings. The van der Waals surface area contributed by atoms with Crippen LogP contribution in [-0.2, 0) is 22.4 Å². The Kier molecular flexibility index (Phi) is 9.37. The maximum absolute atomic E-state index is 13.0. The summed E-state index contributed by atoms with van der Waals surface area (Å²) in [5.41, 5.74) is 4.53. The molecule has 0 saturated carbocycles. The molecule has 3 rings (SSSR count). The molecule has 0 aliphatic heterocycles. The monoisotopic (exact) mass is 465 g/mol. The van der Waals surface area contributed by atoms with Gasteiger partial charge in [0.1, 0.15) is 0 Å². The second kappa shape index (κ2) is 12.4. The fraction of sp³-hybridized carbons (Fsp3) is 0.500. The summed E-state index contributed by atoms with van der Waals surface area (Å²) in [6.45, 7) is 10.9. The summed E-state index contributed by atoms with van der Waals surface area (Å²) in [6.07, 6.45) is 2.51. The number of benzene rings is 2. The van der Waals surface area contributed by atoms with Crippen molar-refractivity contribution in [2.75, 3.05) is 36.5 Å². The molecule has 6 heteroatoms. The molecule has 184 valence electrons. The highest BCUT2D eigenvalue weighted by molar-refractivity contribution is 5.91. The lowest BCUT2D eigenvalue weighted by atomic mass is 9.87. The molecule has 0 saturated heterocycles. The summed E-state index contributed by atoms with van der Waals surface area (Å²) in [6, 6.07) is 16.3. The number of nitrogens with one attached hydrogen (secondary N) is 1. The predicted octanol–water partition coefficient (Wildman–Crippen LogP) is 5.51. The van der Waals surface area contributed by atoms with E-state index >= 15 is 0 Å². The molecule has 1 atom stereocenters. The largest absolute Gasteiger partial charge is 0.449 e. The van der Waals surface area contributed by atoms with Crippen LogP contribution in [0.3, 0.4) is 0 Å². The summed E-state index contributed by atoms with van der Waals surface area (Å²) < 4.78 is 5.56. The van der Waals surface area contributed by atoms with Crippen molar-refractivity contribution in [2.24, 2.45) is 5.92 Å². The number of anilines is 2. The molecule has 0 spiro atoms. The number of ether oxygens (including phenoxy) is 1. The number of hydrogen-bond donors (Lipinski definition) is 1. The third kappa shape index (κ3) is 6.99. The maximum atomic E-state index is 13.0. The van der Waals surface area contributed by atoms with Gasteiger partial charge in [-0.15, -0.1) is 0 Å². The Labute approximate surface area is 204 Å². The fourth-order valence-corrected chi connectivity index (χ4v) is 4.48. The first-order valence-electron chi connectivity index (χ1n) is 12.6. The molecule has 1 unspecified atom stereocenters. The van der Waals surface area contributed by atoms with Gasteiger partial charge in [0.2, 0.25) is 5.91 Å². The van der Waals surface area contributed by atoms with E-state index in [0.29, 0.717) is 13.2 Å². The molecule has 2 amide bonds. The lowest BCUT2D eigenvalue weighted by molar-refractivity contribution is -0.116. The van der Waals surface area contributed by atoms with Crippen molar-refractivity contribution in [3.8, 4) is 0 Å². The number of carbonyl (C=O) groups excluding carboxylic acids is 2.